The number of hydrogen-bond acceptors (Lipinski definition) is 6. The molecule has 126 valence electrons. The Morgan fingerprint density at radius 2 is 2.17 bits per heavy atom. The molecule has 0 amide bonds. The highest BCUT2D eigenvalue weighted by atomic mass is 32.2. The van der Waals surface area contributed by atoms with E-state index >= 15 is 0 Å². The molecular formula is C17H22N6S. The molecule has 0 atom stereocenters. The number of hydrogen-bond donors (Lipinski definition) is 1. The largest absolute Gasteiger partial charge is 0.370 e. The number of nitriles is 1. The van der Waals surface area contributed by atoms with Crippen molar-refractivity contribution in [2.24, 2.45) is 0 Å². The van der Waals surface area contributed by atoms with Crippen LogP contribution < -0.4 is 5.32 Å². The van der Waals surface area contributed by atoms with Crippen molar-refractivity contribution in [3.63, 3.8) is 0 Å². The molecule has 0 aliphatic heterocycles. The van der Waals surface area contributed by atoms with Crippen molar-refractivity contribution in [1.29, 1.82) is 5.26 Å². The summed E-state index contributed by atoms with van der Waals surface area (Å²) in [5.74, 6) is 1.90. The summed E-state index contributed by atoms with van der Waals surface area (Å²) >= 11 is 1.68. The minimum absolute atomic E-state index is 0.575. The van der Waals surface area contributed by atoms with Gasteiger partial charge in [-0.05, 0) is 37.7 Å². The summed E-state index contributed by atoms with van der Waals surface area (Å²) in [5, 5.41) is 21.9. The van der Waals surface area contributed by atoms with E-state index in [1.807, 2.05) is 6.07 Å². The average molecular weight is 342 g/mol. The third-order valence-electron chi connectivity index (χ3n) is 4.38. The zero-order valence-electron chi connectivity index (χ0n) is 13.9. The molecule has 6 nitrogen and oxygen atoms in total. The second-order valence-corrected chi connectivity index (χ2v) is 6.76. The van der Waals surface area contributed by atoms with Gasteiger partial charge in [-0.15, -0.1) is 10.2 Å². The lowest BCUT2D eigenvalue weighted by Crippen LogP contribution is -2.12. The van der Waals surface area contributed by atoms with Gasteiger partial charge in [-0.1, -0.05) is 24.6 Å². The van der Waals surface area contributed by atoms with Crippen LogP contribution >= 0.6 is 11.8 Å². The highest BCUT2D eigenvalue weighted by Crippen LogP contribution is 2.33. The Morgan fingerprint density at radius 3 is 2.83 bits per heavy atom. The van der Waals surface area contributed by atoms with Crippen molar-refractivity contribution in [2.75, 3.05) is 18.1 Å². The molecule has 24 heavy (non-hydrogen) atoms. The van der Waals surface area contributed by atoms with Crippen molar-refractivity contribution >= 4 is 17.6 Å². The van der Waals surface area contributed by atoms with E-state index in [9.17, 15) is 0 Å². The van der Waals surface area contributed by atoms with Gasteiger partial charge < -0.3 is 9.88 Å². The summed E-state index contributed by atoms with van der Waals surface area (Å²) in [6, 6.07) is 6.26. The number of aromatic nitrogens is 4. The maximum atomic E-state index is 8.78. The van der Waals surface area contributed by atoms with Crippen molar-refractivity contribution in [2.45, 2.75) is 49.7 Å². The highest BCUT2D eigenvalue weighted by molar-refractivity contribution is 7.98. The summed E-state index contributed by atoms with van der Waals surface area (Å²) in [6.45, 7) is 0.824. The Labute approximate surface area is 146 Å². The van der Waals surface area contributed by atoms with Crippen LogP contribution in [0.1, 0.15) is 49.5 Å². The first-order valence-corrected chi connectivity index (χ1v) is 9.62. The standard InChI is InChI=1S/C17H22N6S/c1-24-17-22-21-16(23(17)14-5-2-3-6-14)7-4-10-19-15-9-8-13(11-18)12-20-15/h8-9,12,14H,2-7,10H2,1H3,(H,19,20). The monoisotopic (exact) mass is 342 g/mol. The van der Waals surface area contributed by atoms with Gasteiger partial charge in [0.1, 0.15) is 17.7 Å². The number of anilines is 1. The van der Waals surface area contributed by atoms with E-state index in [1.165, 1.54) is 25.7 Å². The van der Waals surface area contributed by atoms with E-state index in [2.05, 4.69) is 37.4 Å². The molecule has 0 saturated heterocycles. The van der Waals surface area contributed by atoms with Crippen LogP contribution in [-0.4, -0.2) is 32.5 Å². The Balaban J connectivity index is 1.54. The molecule has 3 rings (SSSR count). The molecule has 0 aromatic carbocycles. The van der Waals surface area contributed by atoms with Crippen molar-refractivity contribution in [3.8, 4) is 6.07 Å². The normalized spacial score (nSPS) is 14.7. The number of aryl methyl sites for hydroxylation is 1. The molecule has 2 aromatic rings. The third-order valence-corrected chi connectivity index (χ3v) is 5.03. The first-order valence-electron chi connectivity index (χ1n) is 8.39. The van der Waals surface area contributed by atoms with Crippen LogP contribution in [0.4, 0.5) is 5.82 Å². The second kappa shape index (κ2) is 8.15. The van der Waals surface area contributed by atoms with E-state index in [4.69, 9.17) is 5.26 Å². The number of nitrogens with zero attached hydrogens (tertiary/aromatic N) is 5. The lowest BCUT2D eigenvalue weighted by Gasteiger charge is -2.16. The Bertz CT molecular complexity index is 697. The maximum absolute atomic E-state index is 8.78. The Kier molecular flexibility index (Phi) is 5.70. The van der Waals surface area contributed by atoms with Gasteiger partial charge in [-0.25, -0.2) is 4.98 Å². The molecule has 2 aromatic heterocycles. The van der Waals surface area contributed by atoms with E-state index in [1.54, 1.807) is 24.0 Å². The fraction of sp³-hybridized carbons (Fsp3) is 0.529. The molecule has 7 heteroatoms. The smallest absolute Gasteiger partial charge is 0.191 e. The molecular weight excluding hydrogens is 320 g/mol. The molecule has 0 radical (unpaired) electrons. The number of pyridine rings is 1. The molecule has 1 fully saturated rings. The molecule has 1 aliphatic rings. The number of rotatable bonds is 7. The zero-order chi connectivity index (χ0) is 16.8. The third kappa shape index (κ3) is 3.88. The fourth-order valence-corrected chi connectivity index (χ4v) is 3.75. The van der Waals surface area contributed by atoms with Crippen LogP contribution in [0.15, 0.2) is 23.5 Å². The molecule has 1 N–H and O–H groups in total. The molecule has 1 saturated carbocycles. The number of nitrogens with one attached hydrogen (secondary N) is 1. The first-order chi connectivity index (χ1) is 11.8. The van der Waals surface area contributed by atoms with Gasteiger partial charge in [0.25, 0.3) is 0 Å². The Hall–Kier alpha value is -2.07. The van der Waals surface area contributed by atoms with Gasteiger partial charge in [0, 0.05) is 25.2 Å². The quantitative estimate of drug-likeness (QED) is 0.613. The molecule has 1 aliphatic carbocycles. The van der Waals surface area contributed by atoms with Crippen molar-refractivity contribution < 1.29 is 0 Å². The van der Waals surface area contributed by atoms with Crippen LogP contribution in [0.2, 0.25) is 0 Å². The van der Waals surface area contributed by atoms with E-state index in [0.717, 1.165) is 36.2 Å². The van der Waals surface area contributed by atoms with E-state index in [-0.39, 0.29) is 0 Å². The van der Waals surface area contributed by atoms with Crippen molar-refractivity contribution in [3.05, 3.63) is 29.7 Å². The molecule has 0 bridgehead atoms. The van der Waals surface area contributed by atoms with Crippen LogP contribution in [0.3, 0.4) is 0 Å². The van der Waals surface area contributed by atoms with Crippen LogP contribution in [0, 0.1) is 11.3 Å². The van der Waals surface area contributed by atoms with Gasteiger partial charge >= 0.3 is 0 Å². The summed E-state index contributed by atoms with van der Waals surface area (Å²) in [6.07, 6.45) is 10.6. The summed E-state index contributed by atoms with van der Waals surface area (Å²) < 4.78 is 2.36. The first kappa shape index (κ1) is 16.8. The van der Waals surface area contributed by atoms with Gasteiger partial charge in [0.15, 0.2) is 5.16 Å². The fourth-order valence-electron chi connectivity index (χ4n) is 3.17. The highest BCUT2D eigenvalue weighted by Gasteiger charge is 2.23. The lowest BCUT2D eigenvalue weighted by molar-refractivity contribution is 0.461. The van der Waals surface area contributed by atoms with Gasteiger partial charge in [0.05, 0.1) is 5.56 Å². The minimum Gasteiger partial charge on any atom is -0.370 e. The summed E-state index contributed by atoms with van der Waals surface area (Å²) in [5.41, 5.74) is 0.579. The lowest BCUT2D eigenvalue weighted by atomic mass is 10.2. The molecule has 2 heterocycles. The van der Waals surface area contributed by atoms with Crippen molar-refractivity contribution in [1.82, 2.24) is 19.7 Å². The number of thioether (sulfide) groups is 1. The average Bonchev–Trinajstić information content (AvgIpc) is 3.28. The van der Waals surface area contributed by atoms with Gasteiger partial charge in [0.2, 0.25) is 0 Å². The predicted octanol–water partition coefficient (Wildman–Crippen LogP) is 3.43. The minimum atomic E-state index is 0.575. The van der Waals surface area contributed by atoms with Gasteiger partial charge in [-0.3, -0.25) is 0 Å². The predicted molar refractivity (Wildman–Crippen MR) is 95.1 cm³/mol. The van der Waals surface area contributed by atoms with Gasteiger partial charge in [-0.2, -0.15) is 5.26 Å². The zero-order valence-corrected chi connectivity index (χ0v) is 14.7. The van der Waals surface area contributed by atoms with E-state index < -0.39 is 0 Å². The second-order valence-electron chi connectivity index (χ2n) is 5.99. The summed E-state index contributed by atoms with van der Waals surface area (Å²) in [7, 11) is 0. The van der Waals surface area contributed by atoms with E-state index in [0.29, 0.717) is 11.6 Å². The topological polar surface area (TPSA) is 79.4 Å². The molecule has 0 unspecified atom stereocenters. The summed E-state index contributed by atoms with van der Waals surface area (Å²) in [4.78, 5) is 4.22. The SMILES string of the molecule is CSc1nnc(CCCNc2ccc(C#N)cn2)n1C1CCCC1. The maximum Gasteiger partial charge on any atom is 0.191 e. The van der Waals surface area contributed by atoms with Crippen LogP contribution in [0.5, 0.6) is 0 Å². The van der Waals surface area contributed by atoms with Crippen LogP contribution in [-0.2, 0) is 6.42 Å². The molecule has 0 spiro atoms. The van der Waals surface area contributed by atoms with Crippen LogP contribution in [0.25, 0.3) is 0 Å². The Morgan fingerprint density at radius 1 is 1.33 bits per heavy atom.